The second-order valence-corrected chi connectivity index (χ2v) is 5.72. The number of nitro benzene ring substituents is 2. The third-order valence-electron chi connectivity index (χ3n) is 3.74. The summed E-state index contributed by atoms with van der Waals surface area (Å²) in [7, 11) is 0. The molecular weight excluding hydrogens is 390 g/mol. The Balaban J connectivity index is 2.03. The number of hydrogen-bond acceptors (Lipinski definition) is 8. The number of non-ortho nitro benzene ring substituents is 2. The summed E-state index contributed by atoms with van der Waals surface area (Å²) < 4.78 is 5.12. The molecule has 0 aliphatic heterocycles. The number of nitro groups is 2. The van der Waals surface area contributed by atoms with Crippen molar-refractivity contribution in [2.24, 2.45) is 0 Å². The maximum absolute atomic E-state index is 12.0. The van der Waals surface area contributed by atoms with Gasteiger partial charge in [0.25, 0.3) is 17.3 Å². The molecule has 3 N–H and O–H groups in total. The smallest absolute Gasteiger partial charge is 0.329 e. The van der Waals surface area contributed by atoms with E-state index in [0.29, 0.717) is 0 Å². The van der Waals surface area contributed by atoms with E-state index < -0.39 is 40.5 Å². The molecule has 0 fully saturated rings. The topological polar surface area (TPSA) is 182 Å². The van der Waals surface area contributed by atoms with Gasteiger partial charge in [-0.3, -0.25) is 25.0 Å². The van der Waals surface area contributed by atoms with Crippen molar-refractivity contribution in [3.8, 4) is 5.75 Å². The average Bonchev–Trinajstić information content (AvgIpc) is 2.70. The fourth-order valence-corrected chi connectivity index (χ4v) is 2.32. The minimum Gasteiger partial charge on any atom is -0.484 e. The number of carboxylic acid groups (broad SMARTS) is 1. The molecule has 0 saturated carbocycles. The number of amides is 1. The number of aliphatic carboxylic acids is 1. The normalized spacial score (nSPS) is 12.4. The number of rotatable bonds is 9. The maximum Gasteiger partial charge on any atom is 0.329 e. The monoisotopic (exact) mass is 405 g/mol. The summed E-state index contributed by atoms with van der Waals surface area (Å²) in [6, 6.07) is 7.80. The minimum absolute atomic E-state index is 0.0665. The Hall–Kier alpha value is -4.06. The first-order chi connectivity index (χ1) is 13.7. The van der Waals surface area contributed by atoms with Gasteiger partial charge in [-0.05, 0) is 17.7 Å². The Kier molecular flexibility index (Phi) is 6.76. The number of aliphatic hydroxyl groups excluding tert-OH is 1. The van der Waals surface area contributed by atoms with E-state index in [4.69, 9.17) is 4.74 Å². The number of carbonyl (C=O) groups excluding carboxylic acids is 1. The molecule has 2 rings (SSSR count). The molecule has 2 aromatic rings. The van der Waals surface area contributed by atoms with Crippen molar-refractivity contribution in [1.82, 2.24) is 5.32 Å². The highest BCUT2D eigenvalue weighted by Gasteiger charge is 2.30. The zero-order valence-electron chi connectivity index (χ0n) is 14.6. The molecule has 0 bridgehead atoms. The molecule has 29 heavy (non-hydrogen) atoms. The molecule has 152 valence electrons. The van der Waals surface area contributed by atoms with Crippen molar-refractivity contribution >= 4 is 23.3 Å². The van der Waals surface area contributed by atoms with Crippen molar-refractivity contribution in [1.29, 1.82) is 0 Å². The van der Waals surface area contributed by atoms with Gasteiger partial charge in [0, 0.05) is 24.3 Å². The molecule has 2 atom stereocenters. The first-order valence-electron chi connectivity index (χ1n) is 8.01. The summed E-state index contributed by atoms with van der Waals surface area (Å²) in [4.78, 5) is 43.5. The summed E-state index contributed by atoms with van der Waals surface area (Å²) in [5.74, 6) is -2.32. The number of carbonyl (C=O) groups is 2. The minimum atomic E-state index is -1.79. The van der Waals surface area contributed by atoms with Crippen molar-refractivity contribution in [3.63, 3.8) is 0 Å². The summed E-state index contributed by atoms with van der Waals surface area (Å²) >= 11 is 0. The predicted molar refractivity (Wildman–Crippen MR) is 96.2 cm³/mol. The Morgan fingerprint density at radius 1 is 1.03 bits per heavy atom. The lowest BCUT2D eigenvalue weighted by molar-refractivity contribution is -0.385. The Bertz CT molecular complexity index is 930. The highest BCUT2D eigenvalue weighted by Crippen LogP contribution is 2.22. The number of nitrogens with zero attached hydrogens (tertiary/aromatic N) is 2. The van der Waals surface area contributed by atoms with E-state index in [2.05, 4.69) is 5.32 Å². The first kappa shape index (κ1) is 21.2. The van der Waals surface area contributed by atoms with Crippen LogP contribution in [-0.2, 0) is 9.59 Å². The molecule has 0 aliphatic rings. The van der Waals surface area contributed by atoms with Crippen molar-refractivity contribution < 1.29 is 34.4 Å². The van der Waals surface area contributed by atoms with Crippen LogP contribution >= 0.6 is 0 Å². The average molecular weight is 405 g/mol. The molecule has 0 spiro atoms. The lowest BCUT2D eigenvalue weighted by Crippen LogP contribution is -2.46. The number of aliphatic hydroxyl groups is 1. The van der Waals surface area contributed by atoms with E-state index in [1.165, 1.54) is 42.5 Å². The summed E-state index contributed by atoms with van der Waals surface area (Å²) in [5, 5.41) is 43.0. The predicted octanol–water partition coefficient (Wildman–Crippen LogP) is 1.18. The third kappa shape index (κ3) is 5.71. The second kappa shape index (κ2) is 9.23. The third-order valence-corrected chi connectivity index (χ3v) is 3.74. The van der Waals surface area contributed by atoms with Gasteiger partial charge in [-0.2, -0.15) is 0 Å². The van der Waals surface area contributed by atoms with Crippen LogP contribution in [0.5, 0.6) is 5.75 Å². The molecular formula is C17H15N3O9. The van der Waals surface area contributed by atoms with E-state index >= 15 is 0 Å². The first-order valence-corrected chi connectivity index (χ1v) is 8.01. The Morgan fingerprint density at radius 3 is 2.21 bits per heavy atom. The van der Waals surface area contributed by atoms with Crippen molar-refractivity contribution in [2.45, 2.75) is 12.1 Å². The van der Waals surface area contributed by atoms with Gasteiger partial charge in [0.15, 0.2) is 12.6 Å². The number of nitrogens with one attached hydrogen (secondary N) is 1. The van der Waals surface area contributed by atoms with Gasteiger partial charge >= 0.3 is 5.97 Å². The number of benzene rings is 2. The largest absolute Gasteiger partial charge is 0.484 e. The van der Waals surface area contributed by atoms with Crippen LogP contribution in [0.2, 0.25) is 0 Å². The van der Waals surface area contributed by atoms with Crippen LogP contribution < -0.4 is 10.1 Å². The summed E-state index contributed by atoms with van der Waals surface area (Å²) in [6.45, 7) is -0.622. The molecule has 0 heterocycles. The maximum atomic E-state index is 12.0. The van der Waals surface area contributed by atoms with Crippen LogP contribution in [0.3, 0.4) is 0 Å². The lowest BCUT2D eigenvalue weighted by atomic mass is 10.0. The SMILES string of the molecule is O=C(COc1ccc([N+](=O)[O-])cc1)N[C@H](C(=O)O)[C@H](O)c1cccc([N+](=O)[O-])c1. The van der Waals surface area contributed by atoms with Gasteiger partial charge in [0.05, 0.1) is 9.85 Å². The van der Waals surface area contributed by atoms with Gasteiger partial charge < -0.3 is 20.3 Å². The van der Waals surface area contributed by atoms with E-state index in [0.717, 1.165) is 6.07 Å². The molecule has 0 aromatic heterocycles. The molecule has 1 amide bonds. The van der Waals surface area contributed by atoms with Gasteiger partial charge in [-0.15, -0.1) is 0 Å². The molecule has 0 radical (unpaired) electrons. The highest BCUT2D eigenvalue weighted by atomic mass is 16.6. The molecule has 0 aliphatic carbocycles. The van der Waals surface area contributed by atoms with Gasteiger partial charge in [-0.1, -0.05) is 12.1 Å². The van der Waals surface area contributed by atoms with E-state index in [9.17, 15) is 40.0 Å². The quantitative estimate of drug-likeness (QED) is 0.407. The number of ether oxygens (including phenoxy) is 1. The van der Waals surface area contributed by atoms with Gasteiger partial charge in [0.1, 0.15) is 11.9 Å². The van der Waals surface area contributed by atoms with Gasteiger partial charge in [-0.25, -0.2) is 4.79 Å². The van der Waals surface area contributed by atoms with Gasteiger partial charge in [0.2, 0.25) is 0 Å². The molecule has 2 aromatic carbocycles. The zero-order chi connectivity index (χ0) is 21.6. The van der Waals surface area contributed by atoms with Crippen LogP contribution in [0.1, 0.15) is 11.7 Å². The Labute approximate surface area is 162 Å². The zero-order valence-corrected chi connectivity index (χ0v) is 14.6. The van der Waals surface area contributed by atoms with E-state index in [-0.39, 0.29) is 22.7 Å². The highest BCUT2D eigenvalue weighted by molar-refractivity contribution is 5.85. The molecule has 12 heteroatoms. The fourth-order valence-electron chi connectivity index (χ4n) is 2.32. The van der Waals surface area contributed by atoms with Crippen LogP contribution in [-0.4, -0.2) is 44.6 Å². The number of carboxylic acids is 1. The second-order valence-electron chi connectivity index (χ2n) is 5.72. The van der Waals surface area contributed by atoms with E-state index in [1.54, 1.807) is 0 Å². The fraction of sp³-hybridized carbons (Fsp3) is 0.176. The lowest BCUT2D eigenvalue weighted by Gasteiger charge is -2.20. The van der Waals surface area contributed by atoms with Crippen molar-refractivity contribution in [3.05, 3.63) is 74.3 Å². The van der Waals surface area contributed by atoms with Crippen molar-refractivity contribution in [2.75, 3.05) is 6.61 Å². The Morgan fingerprint density at radius 2 is 1.66 bits per heavy atom. The van der Waals surface area contributed by atoms with E-state index in [1.807, 2.05) is 0 Å². The van der Waals surface area contributed by atoms with Crippen LogP contribution in [0.15, 0.2) is 48.5 Å². The standard InChI is InChI=1S/C17H15N3O9/c21-14(9-29-13-6-4-11(5-7-13)19(25)26)18-15(17(23)24)16(22)10-2-1-3-12(8-10)20(27)28/h1-8,15-16,22H,9H2,(H,18,21)(H,23,24)/t15-,16+/m0/s1. The summed E-state index contributed by atoms with van der Waals surface area (Å²) in [5.41, 5.74) is -0.588. The molecule has 0 saturated heterocycles. The molecule has 12 nitrogen and oxygen atoms in total. The summed E-state index contributed by atoms with van der Waals surface area (Å²) in [6.07, 6.45) is -1.75. The molecule has 0 unspecified atom stereocenters. The number of hydrogen-bond donors (Lipinski definition) is 3. The van der Waals surface area contributed by atoms with Crippen LogP contribution in [0.4, 0.5) is 11.4 Å². The van der Waals surface area contributed by atoms with Crippen LogP contribution in [0, 0.1) is 20.2 Å². The van der Waals surface area contributed by atoms with Crippen LogP contribution in [0.25, 0.3) is 0 Å².